The lowest BCUT2D eigenvalue weighted by Crippen LogP contribution is -2.19. The summed E-state index contributed by atoms with van der Waals surface area (Å²) in [5.74, 6) is 5.65. The summed E-state index contributed by atoms with van der Waals surface area (Å²) in [6, 6.07) is 48.1. The Hall–Kier alpha value is -5.71. The smallest absolute Gasteiger partial charge is 0.150 e. The summed E-state index contributed by atoms with van der Waals surface area (Å²) in [5, 5.41) is 5.94. The first-order chi connectivity index (χ1) is 24.5. The molecule has 6 aromatic carbocycles. The number of benzene rings is 6. The molecule has 4 N–H and O–H groups in total. The zero-order valence-electron chi connectivity index (χ0n) is 28.1. The van der Waals surface area contributed by atoms with Gasteiger partial charge in [0.05, 0.1) is 0 Å². The van der Waals surface area contributed by atoms with E-state index in [4.69, 9.17) is 11.6 Å². The molecule has 0 radical (unpaired) electrons. The Bertz CT molecular complexity index is 2430. The lowest BCUT2D eigenvalue weighted by Gasteiger charge is -2.27. The van der Waals surface area contributed by atoms with E-state index in [0.717, 1.165) is 30.2 Å². The molecular weight excluding hydrogens is 627 g/mol. The van der Waals surface area contributed by atoms with E-state index in [1.807, 2.05) is 24.3 Å². The molecule has 0 saturated carbocycles. The molecule has 0 saturated heterocycles. The molecule has 50 heavy (non-hydrogen) atoms. The van der Waals surface area contributed by atoms with Crippen molar-refractivity contribution in [2.75, 3.05) is 0 Å². The van der Waals surface area contributed by atoms with E-state index in [-0.39, 0.29) is 5.41 Å². The second-order valence-corrected chi connectivity index (χ2v) is 14.5. The second-order valence-electron chi connectivity index (χ2n) is 13.4. The van der Waals surface area contributed by atoms with Crippen molar-refractivity contribution in [2.24, 2.45) is 16.7 Å². The van der Waals surface area contributed by atoms with Crippen molar-refractivity contribution in [2.45, 2.75) is 31.6 Å². The van der Waals surface area contributed by atoms with Crippen molar-refractivity contribution in [3.05, 3.63) is 191 Å². The number of nitrogens with two attached hydrogens (primary N) is 2. The normalized spacial score (nSPS) is 16.2. The van der Waals surface area contributed by atoms with Crippen LogP contribution in [0.1, 0.15) is 46.7 Å². The van der Waals surface area contributed by atoms with Gasteiger partial charge >= 0.3 is 0 Å². The van der Waals surface area contributed by atoms with Crippen molar-refractivity contribution in [3.8, 4) is 22.3 Å². The van der Waals surface area contributed by atoms with Gasteiger partial charge in [-0.3, -0.25) is 0 Å². The summed E-state index contributed by atoms with van der Waals surface area (Å²) in [6.07, 6.45) is 12.0. The number of thiophene rings is 1. The highest BCUT2D eigenvalue weighted by Crippen LogP contribution is 2.42. The maximum Gasteiger partial charge on any atom is 0.150 e. The van der Waals surface area contributed by atoms with E-state index in [9.17, 15) is 0 Å². The Morgan fingerprint density at radius 3 is 2.26 bits per heavy atom. The van der Waals surface area contributed by atoms with E-state index in [1.54, 1.807) is 11.3 Å². The molecule has 0 fully saturated rings. The number of hydrazone groups is 1. The van der Waals surface area contributed by atoms with Crippen LogP contribution in [-0.4, -0.2) is 5.84 Å². The topological polar surface area (TPSA) is 64.4 Å². The predicted octanol–water partition coefficient (Wildman–Crippen LogP) is 10.9. The molecule has 9 rings (SSSR count). The lowest BCUT2D eigenvalue weighted by molar-refractivity contribution is 0.599. The van der Waals surface area contributed by atoms with Gasteiger partial charge in [-0.25, -0.2) is 0 Å². The van der Waals surface area contributed by atoms with E-state index >= 15 is 0 Å². The lowest BCUT2D eigenvalue weighted by atomic mass is 9.77. The Kier molecular flexibility index (Phi) is 8.39. The van der Waals surface area contributed by atoms with Crippen LogP contribution in [0.5, 0.6) is 0 Å². The first kappa shape index (κ1) is 31.6. The number of fused-ring (bicyclic) bond motifs is 6. The number of nitrogens with zero attached hydrogens (tertiary/aromatic N) is 1. The summed E-state index contributed by atoms with van der Waals surface area (Å²) < 4.78 is 2.45. The van der Waals surface area contributed by atoms with E-state index in [1.165, 1.54) is 64.9 Å². The number of amidine groups is 1. The summed E-state index contributed by atoms with van der Waals surface area (Å²) in [5.41, 5.74) is 19.4. The molecule has 1 atom stereocenters. The molecule has 1 aromatic heterocycles. The Balaban J connectivity index is 0.000000178. The van der Waals surface area contributed by atoms with Crippen LogP contribution in [0.3, 0.4) is 0 Å². The van der Waals surface area contributed by atoms with Crippen LogP contribution in [0.25, 0.3) is 42.4 Å². The molecule has 2 aliphatic carbocycles. The highest BCUT2D eigenvalue weighted by Gasteiger charge is 2.24. The minimum atomic E-state index is 0.114. The number of hydrogen-bond acceptors (Lipinski definition) is 3. The van der Waals surface area contributed by atoms with E-state index < -0.39 is 0 Å². The molecule has 3 nitrogen and oxygen atoms in total. The van der Waals surface area contributed by atoms with Crippen LogP contribution in [0.15, 0.2) is 163 Å². The van der Waals surface area contributed by atoms with Crippen molar-refractivity contribution in [1.82, 2.24) is 0 Å². The van der Waals surface area contributed by atoms with E-state index in [2.05, 4.69) is 146 Å². The summed E-state index contributed by atoms with van der Waals surface area (Å²) in [6.45, 7) is 2.32. The van der Waals surface area contributed by atoms with Gasteiger partial charge in [0.25, 0.3) is 0 Å². The quantitative estimate of drug-likeness (QED) is 0.0832. The van der Waals surface area contributed by atoms with Crippen LogP contribution >= 0.6 is 11.3 Å². The highest BCUT2D eigenvalue weighted by molar-refractivity contribution is 7.25. The van der Waals surface area contributed by atoms with Gasteiger partial charge in [0.2, 0.25) is 0 Å². The van der Waals surface area contributed by atoms with Crippen LogP contribution in [-0.2, 0) is 18.3 Å². The fourth-order valence-corrected chi connectivity index (χ4v) is 8.64. The standard InChI is InChI=1S/C33H28.C13H11N3S/c1-33(19-6-3-7-20-33)28-16-13-24(14-17-28)21-25-15-18-30-27(22-25)23-32-29(11-8-12-31(30)32)26-9-4-2-5-10-26;14-13(16-15)9-5-3-7-11-12(9)8-4-1-2-6-10(8)17-11/h2-19,22H,20-21,23H2,1H3;1-7H,15H2,(H2,14,16). The van der Waals surface area contributed by atoms with Gasteiger partial charge in [-0.05, 0) is 81.5 Å². The van der Waals surface area contributed by atoms with Gasteiger partial charge in [0, 0.05) is 31.2 Å². The van der Waals surface area contributed by atoms with Gasteiger partial charge in [0.1, 0.15) is 0 Å². The highest BCUT2D eigenvalue weighted by atomic mass is 32.1. The third-order valence-corrected chi connectivity index (χ3v) is 11.3. The van der Waals surface area contributed by atoms with Crippen LogP contribution in [0.4, 0.5) is 0 Å². The van der Waals surface area contributed by atoms with Crippen molar-refractivity contribution < 1.29 is 0 Å². The van der Waals surface area contributed by atoms with Gasteiger partial charge < -0.3 is 11.6 Å². The van der Waals surface area contributed by atoms with Gasteiger partial charge in [-0.15, -0.1) is 11.3 Å². The Labute approximate surface area is 297 Å². The van der Waals surface area contributed by atoms with E-state index in [0.29, 0.717) is 5.84 Å². The first-order valence-electron chi connectivity index (χ1n) is 17.2. The van der Waals surface area contributed by atoms with Gasteiger partial charge in [0.15, 0.2) is 5.84 Å². The minimum Gasteiger partial charge on any atom is -0.382 e. The van der Waals surface area contributed by atoms with Crippen molar-refractivity contribution >= 4 is 37.3 Å². The Morgan fingerprint density at radius 1 is 0.720 bits per heavy atom. The molecule has 4 heteroatoms. The average molecular weight is 666 g/mol. The largest absolute Gasteiger partial charge is 0.382 e. The SMILES string of the molecule is CC1(c2ccc(Cc3ccc4c(c3)Cc3c(-c5ccccc5)cccc3-4)cc2)C=CC=CC1.N/N=C(\N)c1cccc2sc3ccccc3c12. The molecule has 1 heterocycles. The summed E-state index contributed by atoms with van der Waals surface area (Å²) in [7, 11) is 0. The molecule has 0 amide bonds. The van der Waals surface area contributed by atoms with Crippen molar-refractivity contribution in [1.29, 1.82) is 0 Å². The van der Waals surface area contributed by atoms with Crippen LogP contribution < -0.4 is 11.6 Å². The monoisotopic (exact) mass is 665 g/mol. The minimum absolute atomic E-state index is 0.114. The number of rotatable bonds is 5. The fourth-order valence-electron chi connectivity index (χ4n) is 7.51. The first-order valence-corrected chi connectivity index (χ1v) is 18.0. The van der Waals surface area contributed by atoms with Crippen LogP contribution in [0.2, 0.25) is 0 Å². The zero-order valence-corrected chi connectivity index (χ0v) is 29.0. The molecule has 2 aliphatic rings. The maximum absolute atomic E-state index is 5.84. The Morgan fingerprint density at radius 2 is 1.46 bits per heavy atom. The molecule has 1 unspecified atom stereocenters. The average Bonchev–Trinajstić information content (AvgIpc) is 3.74. The predicted molar refractivity (Wildman–Crippen MR) is 214 cm³/mol. The molecular formula is C46H39N3S. The number of allylic oxidation sites excluding steroid dienone is 4. The van der Waals surface area contributed by atoms with Crippen molar-refractivity contribution in [3.63, 3.8) is 0 Å². The third kappa shape index (κ3) is 5.93. The number of hydrogen-bond donors (Lipinski definition) is 2. The maximum atomic E-state index is 5.84. The van der Waals surface area contributed by atoms with Gasteiger partial charge in [-0.1, -0.05) is 153 Å². The third-order valence-electron chi connectivity index (χ3n) is 10.2. The zero-order chi connectivity index (χ0) is 34.1. The summed E-state index contributed by atoms with van der Waals surface area (Å²) in [4.78, 5) is 0. The summed E-state index contributed by atoms with van der Waals surface area (Å²) >= 11 is 1.75. The molecule has 0 bridgehead atoms. The molecule has 0 aliphatic heterocycles. The second kappa shape index (κ2) is 13.3. The van der Waals surface area contributed by atoms with Gasteiger partial charge in [-0.2, -0.15) is 5.10 Å². The molecule has 244 valence electrons. The fraction of sp³-hybridized carbons (Fsp3) is 0.109. The molecule has 7 aromatic rings. The van der Waals surface area contributed by atoms with Crippen LogP contribution in [0, 0.1) is 0 Å². The molecule has 0 spiro atoms.